The van der Waals surface area contributed by atoms with E-state index in [1.165, 1.54) is 18.9 Å². The third kappa shape index (κ3) is 3.44. The highest BCUT2D eigenvalue weighted by Crippen LogP contribution is 2.41. The maximum Gasteiger partial charge on any atom is 0.316 e. The Bertz CT molecular complexity index is 964. The van der Waals surface area contributed by atoms with Gasteiger partial charge in [-0.3, -0.25) is 9.59 Å². The van der Waals surface area contributed by atoms with Crippen molar-refractivity contribution in [2.75, 3.05) is 18.2 Å². The van der Waals surface area contributed by atoms with Gasteiger partial charge in [0.2, 0.25) is 11.1 Å². The molecule has 0 radical (unpaired) electrons. The van der Waals surface area contributed by atoms with E-state index in [4.69, 9.17) is 0 Å². The predicted octanol–water partition coefficient (Wildman–Crippen LogP) is 3.12. The Morgan fingerprint density at radius 2 is 2.07 bits per heavy atom. The summed E-state index contributed by atoms with van der Waals surface area (Å²) in [5.41, 5.74) is 3.85. The number of hydrogen-bond acceptors (Lipinski definition) is 7. The van der Waals surface area contributed by atoms with Gasteiger partial charge in [-0.05, 0) is 24.8 Å². The summed E-state index contributed by atoms with van der Waals surface area (Å²) in [5, 5.41) is 8.38. The van der Waals surface area contributed by atoms with Crippen molar-refractivity contribution in [2.24, 2.45) is 5.92 Å². The van der Waals surface area contributed by atoms with Crippen molar-refractivity contribution in [2.45, 2.75) is 37.9 Å². The van der Waals surface area contributed by atoms with Crippen LogP contribution in [0.15, 0.2) is 40.7 Å². The van der Waals surface area contributed by atoms with Crippen LogP contribution in [-0.4, -0.2) is 39.4 Å². The molecule has 4 rings (SSSR count). The number of methoxy groups -OCH3 is 1. The molecule has 2 unspecified atom stereocenters. The molecule has 0 saturated heterocycles. The summed E-state index contributed by atoms with van der Waals surface area (Å²) in [6.07, 6.45) is 1.35. The number of anilines is 1. The number of carbonyl (C=O) groups is 2. The molecule has 0 fully saturated rings. The number of thioether (sulfide) groups is 1. The van der Waals surface area contributed by atoms with E-state index < -0.39 is 0 Å². The zero-order valence-corrected chi connectivity index (χ0v) is 16.9. The highest BCUT2D eigenvalue weighted by atomic mass is 32.2. The fourth-order valence-electron chi connectivity index (χ4n) is 3.69. The summed E-state index contributed by atoms with van der Waals surface area (Å²) >= 11 is 1.22. The molecule has 0 bridgehead atoms. The highest BCUT2D eigenvalue weighted by Gasteiger charge is 2.38. The molecule has 2 atom stereocenters. The minimum atomic E-state index is -0.331. The van der Waals surface area contributed by atoms with Crippen LogP contribution >= 0.6 is 11.8 Å². The fraction of sp³-hybridized carbons (Fsp3) is 0.400. The first-order chi connectivity index (χ1) is 13.5. The fourth-order valence-corrected chi connectivity index (χ4v) is 4.35. The number of esters is 1. The Hall–Kier alpha value is -2.61. The summed E-state index contributed by atoms with van der Waals surface area (Å²) in [5.74, 6) is 0.843. The minimum Gasteiger partial charge on any atom is -0.468 e. The molecule has 7 nitrogen and oxygen atoms in total. The van der Waals surface area contributed by atoms with Gasteiger partial charge in [0.15, 0.2) is 5.78 Å². The van der Waals surface area contributed by atoms with Crippen LogP contribution in [0.25, 0.3) is 0 Å². The zero-order valence-electron chi connectivity index (χ0n) is 16.1. The van der Waals surface area contributed by atoms with Gasteiger partial charge in [-0.25, -0.2) is 4.68 Å². The number of fused-ring (bicyclic) bond motifs is 1. The standard InChI is InChI=1S/C20H22N4O3S/c1-11-4-6-13(7-5-11)18-17-14(8-12(2)9-15(17)25)21-19-22-20(23-24(18)19)28-10-16(26)27-3/h4-7,12,18H,8-10H2,1-3H3,(H,21,22,23). The van der Waals surface area contributed by atoms with E-state index >= 15 is 0 Å². The highest BCUT2D eigenvalue weighted by molar-refractivity contribution is 7.99. The molecule has 1 aromatic heterocycles. The van der Waals surface area contributed by atoms with E-state index in [0.717, 1.165) is 28.8 Å². The number of nitrogens with zero attached hydrogens (tertiary/aromatic N) is 3. The first-order valence-electron chi connectivity index (χ1n) is 9.22. The summed E-state index contributed by atoms with van der Waals surface area (Å²) in [7, 11) is 1.36. The second-order valence-electron chi connectivity index (χ2n) is 7.29. The molecule has 1 aliphatic heterocycles. The van der Waals surface area contributed by atoms with Crippen LogP contribution < -0.4 is 5.32 Å². The molecule has 8 heteroatoms. The van der Waals surface area contributed by atoms with E-state index in [9.17, 15) is 9.59 Å². The lowest BCUT2D eigenvalue weighted by atomic mass is 9.81. The average molecular weight is 398 g/mol. The van der Waals surface area contributed by atoms with E-state index in [-0.39, 0.29) is 23.5 Å². The lowest BCUT2D eigenvalue weighted by Gasteiger charge is -2.34. The summed E-state index contributed by atoms with van der Waals surface area (Å²) in [6.45, 7) is 4.12. The second kappa shape index (κ2) is 7.43. The molecule has 0 spiro atoms. The summed E-state index contributed by atoms with van der Waals surface area (Å²) < 4.78 is 6.45. The second-order valence-corrected chi connectivity index (χ2v) is 8.24. The first kappa shape index (κ1) is 18.7. The Balaban J connectivity index is 1.76. The Morgan fingerprint density at radius 1 is 1.32 bits per heavy atom. The number of ketones is 1. The Morgan fingerprint density at radius 3 is 2.79 bits per heavy atom. The van der Waals surface area contributed by atoms with E-state index in [1.54, 1.807) is 4.68 Å². The summed E-state index contributed by atoms with van der Waals surface area (Å²) in [6, 6.07) is 7.84. The van der Waals surface area contributed by atoms with E-state index in [2.05, 4.69) is 27.1 Å². The molecule has 1 aliphatic carbocycles. The number of hydrogen-bond donors (Lipinski definition) is 1. The van der Waals surface area contributed by atoms with E-state index in [0.29, 0.717) is 23.4 Å². The third-order valence-corrected chi connectivity index (χ3v) is 5.86. The van der Waals surface area contributed by atoms with Crippen LogP contribution in [0, 0.1) is 12.8 Å². The van der Waals surface area contributed by atoms with Crippen molar-refractivity contribution >= 4 is 29.5 Å². The average Bonchev–Trinajstić information content (AvgIpc) is 3.07. The maximum absolute atomic E-state index is 12.9. The van der Waals surface area contributed by atoms with Crippen LogP contribution in [0.2, 0.25) is 0 Å². The number of allylic oxidation sites excluding steroid dienone is 2. The lowest BCUT2D eigenvalue weighted by molar-refractivity contribution is -0.137. The van der Waals surface area contributed by atoms with Crippen LogP contribution in [-0.2, 0) is 14.3 Å². The monoisotopic (exact) mass is 398 g/mol. The van der Waals surface area contributed by atoms with E-state index in [1.807, 2.05) is 31.2 Å². The van der Waals surface area contributed by atoms with Crippen molar-refractivity contribution < 1.29 is 14.3 Å². The Labute approximate surface area is 167 Å². The number of carbonyl (C=O) groups excluding carboxylic acids is 2. The maximum atomic E-state index is 12.9. The molecule has 2 aliphatic rings. The minimum absolute atomic E-state index is 0.137. The van der Waals surface area contributed by atoms with Crippen molar-refractivity contribution in [3.63, 3.8) is 0 Å². The number of rotatable bonds is 4. The smallest absolute Gasteiger partial charge is 0.316 e. The largest absolute Gasteiger partial charge is 0.468 e. The molecule has 28 heavy (non-hydrogen) atoms. The molecule has 2 heterocycles. The first-order valence-corrected chi connectivity index (χ1v) is 10.2. The molecule has 1 aromatic carbocycles. The SMILES string of the molecule is COC(=O)CSc1nc2n(n1)C(c1ccc(C)cc1)C1=C(CC(C)CC1=O)N2. The van der Waals surface area contributed by atoms with Gasteiger partial charge < -0.3 is 10.1 Å². The number of aromatic nitrogens is 3. The third-order valence-electron chi connectivity index (χ3n) is 5.04. The quantitative estimate of drug-likeness (QED) is 0.625. The normalized spacial score (nSPS) is 21.0. The van der Waals surface area contributed by atoms with Crippen LogP contribution in [0.4, 0.5) is 5.95 Å². The number of ether oxygens (including phenoxy) is 1. The zero-order chi connectivity index (χ0) is 19.8. The molecule has 146 valence electrons. The van der Waals surface area contributed by atoms with Gasteiger partial charge in [0.1, 0.15) is 6.04 Å². The van der Waals surface area contributed by atoms with Crippen LogP contribution in [0.1, 0.15) is 36.9 Å². The molecule has 1 N–H and O–H groups in total. The molecular weight excluding hydrogens is 376 g/mol. The topological polar surface area (TPSA) is 86.1 Å². The van der Waals surface area contributed by atoms with Gasteiger partial charge in [-0.1, -0.05) is 48.5 Å². The number of nitrogens with one attached hydrogen (secondary N) is 1. The van der Waals surface area contributed by atoms with Gasteiger partial charge in [0, 0.05) is 17.7 Å². The summed E-state index contributed by atoms with van der Waals surface area (Å²) in [4.78, 5) is 28.9. The molecule has 0 amide bonds. The van der Waals surface area contributed by atoms with Crippen molar-refractivity contribution in [3.05, 3.63) is 46.7 Å². The van der Waals surface area contributed by atoms with Gasteiger partial charge in [0.25, 0.3) is 0 Å². The molecule has 0 saturated carbocycles. The van der Waals surface area contributed by atoms with Crippen LogP contribution in [0.3, 0.4) is 0 Å². The van der Waals surface area contributed by atoms with Gasteiger partial charge in [-0.15, -0.1) is 5.10 Å². The molecule has 2 aromatic rings. The van der Waals surface area contributed by atoms with Crippen molar-refractivity contribution in [3.8, 4) is 0 Å². The van der Waals surface area contributed by atoms with Gasteiger partial charge in [0.05, 0.1) is 12.9 Å². The van der Waals surface area contributed by atoms with Crippen LogP contribution in [0.5, 0.6) is 0 Å². The van der Waals surface area contributed by atoms with Gasteiger partial charge in [-0.2, -0.15) is 4.98 Å². The van der Waals surface area contributed by atoms with Crippen molar-refractivity contribution in [1.82, 2.24) is 14.8 Å². The number of benzene rings is 1. The number of aryl methyl sites for hydroxylation is 1. The van der Waals surface area contributed by atoms with Crippen molar-refractivity contribution in [1.29, 1.82) is 0 Å². The number of Topliss-reactive ketones (excluding diaryl/α,β-unsaturated/α-hetero) is 1. The Kier molecular flexibility index (Phi) is 4.97. The predicted molar refractivity (Wildman–Crippen MR) is 106 cm³/mol. The molecular formula is C20H22N4O3S. The van der Waals surface area contributed by atoms with Gasteiger partial charge >= 0.3 is 5.97 Å². The lowest BCUT2D eigenvalue weighted by Crippen LogP contribution is -2.33.